The van der Waals surface area contributed by atoms with Gasteiger partial charge < -0.3 is 5.32 Å². The van der Waals surface area contributed by atoms with Gasteiger partial charge in [0.2, 0.25) is 0 Å². The topological polar surface area (TPSA) is 12.0 Å². The maximum atomic E-state index is 3.54. The molecule has 0 heterocycles. The van der Waals surface area contributed by atoms with Crippen LogP contribution in [0.1, 0.15) is 27.2 Å². The normalized spacial score (nSPS) is 11.5. The van der Waals surface area contributed by atoms with Gasteiger partial charge >= 0.3 is 0 Å². The van der Waals surface area contributed by atoms with E-state index in [1.54, 1.807) is 0 Å². The molecule has 0 radical (unpaired) electrons. The molecule has 0 fully saturated rings. The second-order valence-electron chi connectivity index (χ2n) is 4.86. The third-order valence-corrected chi connectivity index (χ3v) is 3.27. The predicted molar refractivity (Wildman–Crippen MR) is 74.4 cm³/mol. The Kier molecular flexibility index (Phi) is 4.65. The van der Waals surface area contributed by atoms with Crippen molar-refractivity contribution in [2.75, 3.05) is 11.9 Å². The molecule has 1 nitrogen and oxygen atoms in total. The van der Waals surface area contributed by atoms with Gasteiger partial charge in [0.15, 0.2) is 0 Å². The van der Waals surface area contributed by atoms with Gasteiger partial charge in [-0.1, -0.05) is 36.7 Å². The van der Waals surface area contributed by atoms with Crippen molar-refractivity contribution in [2.24, 2.45) is 5.41 Å². The third kappa shape index (κ3) is 5.03. The Morgan fingerprint density at radius 1 is 1.20 bits per heavy atom. The molecule has 0 aliphatic heterocycles. The van der Waals surface area contributed by atoms with E-state index in [0.29, 0.717) is 5.41 Å². The van der Waals surface area contributed by atoms with Crippen LogP contribution in [0.3, 0.4) is 0 Å². The van der Waals surface area contributed by atoms with E-state index in [1.807, 2.05) is 6.07 Å². The summed E-state index contributed by atoms with van der Waals surface area (Å²) in [5.74, 6) is 0. The van der Waals surface area contributed by atoms with Crippen molar-refractivity contribution in [1.29, 1.82) is 0 Å². The zero-order valence-electron chi connectivity index (χ0n) is 9.40. The number of hydrogen-bond donors (Lipinski definition) is 1. The second kappa shape index (κ2) is 5.35. The summed E-state index contributed by atoms with van der Waals surface area (Å²) >= 11 is 6.97. The Hall–Kier alpha value is -0.0200. The predicted octanol–water partition coefficient (Wildman–Crippen LogP) is 5.06. The summed E-state index contributed by atoms with van der Waals surface area (Å²) in [7, 11) is 0. The van der Waals surface area contributed by atoms with E-state index >= 15 is 0 Å². The highest BCUT2D eigenvalue weighted by molar-refractivity contribution is 9.11. The van der Waals surface area contributed by atoms with E-state index in [4.69, 9.17) is 0 Å². The highest BCUT2D eigenvalue weighted by Gasteiger charge is 2.09. The first-order valence-corrected chi connectivity index (χ1v) is 6.66. The molecule has 0 aliphatic rings. The van der Waals surface area contributed by atoms with Crippen LogP contribution in [-0.2, 0) is 0 Å². The lowest BCUT2D eigenvalue weighted by Gasteiger charge is -2.19. The molecule has 0 saturated heterocycles. The molecule has 3 heteroatoms. The van der Waals surface area contributed by atoms with Gasteiger partial charge in [0, 0.05) is 21.2 Å². The average molecular weight is 335 g/mol. The standard InChI is InChI=1S/C12H17Br2N/c1-12(2,3)6-7-15-11-5-4-9(13)8-10(11)14/h4-5,8,15H,6-7H2,1-3H3. The van der Waals surface area contributed by atoms with Crippen LogP contribution in [0.15, 0.2) is 27.1 Å². The number of rotatable bonds is 3. The molecule has 0 aromatic heterocycles. The lowest BCUT2D eigenvalue weighted by molar-refractivity contribution is 0.390. The number of halogens is 2. The highest BCUT2D eigenvalue weighted by atomic mass is 79.9. The lowest BCUT2D eigenvalue weighted by Crippen LogP contribution is -2.12. The van der Waals surface area contributed by atoms with E-state index in [9.17, 15) is 0 Å². The SMILES string of the molecule is CC(C)(C)CCNc1ccc(Br)cc1Br. The first kappa shape index (κ1) is 13.0. The number of hydrogen-bond acceptors (Lipinski definition) is 1. The summed E-state index contributed by atoms with van der Waals surface area (Å²) in [6.07, 6.45) is 1.16. The minimum Gasteiger partial charge on any atom is -0.384 e. The van der Waals surface area contributed by atoms with Crippen LogP contribution in [0.2, 0.25) is 0 Å². The van der Waals surface area contributed by atoms with Crippen LogP contribution in [0, 0.1) is 5.41 Å². The van der Waals surface area contributed by atoms with Crippen LogP contribution in [0.4, 0.5) is 5.69 Å². The lowest BCUT2D eigenvalue weighted by atomic mass is 9.92. The van der Waals surface area contributed by atoms with E-state index in [2.05, 4.69) is 70.1 Å². The summed E-state index contributed by atoms with van der Waals surface area (Å²) in [5, 5.41) is 3.43. The minimum absolute atomic E-state index is 0.384. The first-order chi connectivity index (χ1) is 6.88. The van der Waals surface area contributed by atoms with Crippen molar-refractivity contribution in [2.45, 2.75) is 27.2 Å². The van der Waals surface area contributed by atoms with Gasteiger partial charge in [-0.05, 0) is 46.0 Å². The van der Waals surface area contributed by atoms with E-state index in [-0.39, 0.29) is 0 Å². The Bertz CT molecular complexity index is 329. The van der Waals surface area contributed by atoms with Crippen LogP contribution in [0.25, 0.3) is 0 Å². The maximum Gasteiger partial charge on any atom is 0.0485 e. The van der Waals surface area contributed by atoms with E-state index < -0.39 is 0 Å². The molecular formula is C12H17Br2N. The molecule has 15 heavy (non-hydrogen) atoms. The average Bonchev–Trinajstić information content (AvgIpc) is 2.07. The van der Waals surface area contributed by atoms with Gasteiger partial charge in [0.1, 0.15) is 0 Å². The molecule has 1 rings (SSSR count). The summed E-state index contributed by atoms with van der Waals surface area (Å²) in [6.45, 7) is 7.77. The summed E-state index contributed by atoms with van der Waals surface area (Å²) < 4.78 is 2.20. The molecule has 0 saturated carbocycles. The molecule has 0 atom stereocenters. The summed E-state index contributed by atoms with van der Waals surface area (Å²) in [5.41, 5.74) is 1.54. The number of anilines is 1. The van der Waals surface area contributed by atoms with Gasteiger partial charge in [-0.3, -0.25) is 0 Å². The zero-order valence-corrected chi connectivity index (χ0v) is 12.6. The van der Waals surface area contributed by atoms with Gasteiger partial charge in [0.05, 0.1) is 0 Å². The van der Waals surface area contributed by atoms with Crippen molar-refractivity contribution < 1.29 is 0 Å². The van der Waals surface area contributed by atoms with Crippen LogP contribution in [-0.4, -0.2) is 6.54 Å². The summed E-state index contributed by atoms with van der Waals surface area (Å²) in [6, 6.07) is 6.18. The molecule has 0 spiro atoms. The molecule has 0 amide bonds. The van der Waals surface area contributed by atoms with Crippen molar-refractivity contribution in [1.82, 2.24) is 0 Å². The Balaban J connectivity index is 2.51. The van der Waals surface area contributed by atoms with Gasteiger partial charge in [-0.25, -0.2) is 0 Å². The number of benzene rings is 1. The summed E-state index contributed by atoms with van der Waals surface area (Å²) in [4.78, 5) is 0. The largest absolute Gasteiger partial charge is 0.384 e. The van der Waals surface area contributed by atoms with E-state index in [0.717, 1.165) is 27.6 Å². The quantitative estimate of drug-likeness (QED) is 0.814. The molecule has 1 N–H and O–H groups in total. The molecule has 0 bridgehead atoms. The zero-order chi connectivity index (χ0) is 11.5. The first-order valence-electron chi connectivity index (χ1n) is 5.07. The fraction of sp³-hybridized carbons (Fsp3) is 0.500. The van der Waals surface area contributed by atoms with Crippen molar-refractivity contribution in [3.8, 4) is 0 Å². The van der Waals surface area contributed by atoms with Crippen molar-refractivity contribution in [3.63, 3.8) is 0 Å². The monoisotopic (exact) mass is 333 g/mol. The minimum atomic E-state index is 0.384. The number of nitrogens with one attached hydrogen (secondary N) is 1. The van der Waals surface area contributed by atoms with Gasteiger partial charge in [0.25, 0.3) is 0 Å². The Morgan fingerprint density at radius 2 is 1.87 bits per heavy atom. The highest BCUT2D eigenvalue weighted by Crippen LogP contribution is 2.27. The molecule has 1 aromatic rings. The fourth-order valence-corrected chi connectivity index (χ4v) is 2.39. The molecule has 1 aromatic carbocycles. The Labute approximate surface area is 109 Å². The third-order valence-electron chi connectivity index (χ3n) is 2.12. The molecular weight excluding hydrogens is 318 g/mol. The van der Waals surface area contributed by atoms with Gasteiger partial charge in [-0.2, -0.15) is 0 Å². The van der Waals surface area contributed by atoms with Crippen LogP contribution in [0.5, 0.6) is 0 Å². The molecule has 0 aliphatic carbocycles. The Morgan fingerprint density at radius 3 is 2.40 bits per heavy atom. The van der Waals surface area contributed by atoms with Gasteiger partial charge in [-0.15, -0.1) is 0 Å². The smallest absolute Gasteiger partial charge is 0.0485 e. The van der Waals surface area contributed by atoms with Crippen LogP contribution < -0.4 is 5.32 Å². The van der Waals surface area contributed by atoms with E-state index in [1.165, 1.54) is 0 Å². The van der Waals surface area contributed by atoms with Crippen molar-refractivity contribution >= 4 is 37.5 Å². The van der Waals surface area contributed by atoms with Crippen molar-refractivity contribution in [3.05, 3.63) is 27.1 Å². The maximum absolute atomic E-state index is 3.54. The second-order valence-corrected chi connectivity index (χ2v) is 6.63. The fourth-order valence-electron chi connectivity index (χ4n) is 1.21. The van der Waals surface area contributed by atoms with Crippen LogP contribution >= 0.6 is 31.9 Å². The molecule has 0 unspecified atom stereocenters. The molecule has 84 valence electrons.